The quantitative estimate of drug-likeness (QED) is 0.722. The molecule has 3 heterocycles. The van der Waals surface area contributed by atoms with Crippen LogP contribution in [0, 0.1) is 0 Å². The molecule has 4 rings (SSSR count). The number of ether oxygens (including phenoxy) is 1. The number of hydrogen-bond donors (Lipinski definition) is 2. The molecular formula is C21H24F3N5O3. The summed E-state index contributed by atoms with van der Waals surface area (Å²) in [7, 11) is 0. The van der Waals surface area contributed by atoms with E-state index in [-0.39, 0.29) is 23.2 Å². The third kappa shape index (κ3) is 4.43. The first-order chi connectivity index (χ1) is 15.3. The van der Waals surface area contributed by atoms with Crippen molar-refractivity contribution in [3.8, 4) is 0 Å². The van der Waals surface area contributed by atoms with Gasteiger partial charge in [-0.25, -0.2) is 14.8 Å². The highest BCUT2D eigenvalue weighted by molar-refractivity contribution is 5.89. The molecule has 1 saturated heterocycles. The Balaban J connectivity index is 1.64. The van der Waals surface area contributed by atoms with Crippen molar-refractivity contribution in [2.45, 2.75) is 38.0 Å². The molecule has 0 aliphatic carbocycles. The predicted octanol–water partition coefficient (Wildman–Crippen LogP) is 4.15. The molecule has 32 heavy (non-hydrogen) atoms. The molecule has 0 radical (unpaired) electrons. The summed E-state index contributed by atoms with van der Waals surface area (Å²) < 4.78 is 45.4. The molecule has 11 heteroatoms. The summed E-state index contributed by atoms with van der Waals surface area (Å²) in [5.74, 6) is 0.272. The number of aromatic nitrogens is 2. The molecule has 0 bridgehead atoms. The lowest BCUT2D eigenvalue weighted by Crippen LogP contribution is -2.45. The van der Waals surface area contributed by atoms with Crippen LogP contribution >= 0.6 is 0 Å². The Bertz CT molecular complexity index is 964. The minimum Gasteiger partial charge on any atom is -0.465 e. The molecule has 1 aromatic heterocycles. The number of nitrogens with zero attached hydrogens (tertiary/aromatic N) is 4. The van der Waals surface area contributed by atoms with Gasteiger partial charge < -0.3 is 20.1 Å². The van der Waals surface area contributed by atoms with E-state index < -0.39 is 23.9 Å². The molecule has 8 nitrogen and oxygen atoms in total. The second kappa shape index (κ2) is 8.81. The van der Waals surface area contributed by atoms with E-state index in [4.69, 9.17) is 4.74 Å². The van der Waals surface area contributed by atoms with Gasteiger partial charge in [-0.3, -0.25) is 4.90 Å². The molecule has 2 atom stereocenters. The van der Waals surface area contributed by atoms with Crippen LogP contribution in [-0.2, 0) is 10.9 Å². The largest absolute Gasteiger partial charge is 0.465 e. The maximum absolute atomic E-state index is 13.3. The van der Waals surface area contributed by atoms with Crippen LogP contribution in [0.2, 0.25) is 0 Å². The van der Waals surface area contributed by atoms with Crippen LogP contribution in [0.4, 0.5) is 35.3 Å². The van der Waals surface area contributed by atoms with Crippen LogP contribution in [0.15, 0.2) is 30.6 Å². The second-order valence-corrected chi connectivity index (χ2v) is 7.78. The molecule has 2 aliphatic rings. The summed E-state index contributed by atoms with van der Waals surface area (Å²) in [5, 5.41) is 12.8. The molecule has 0 unspecified atom stereocenters. The first-order valence-electron chi connectivity index (χ1n) is 10.4. The van der Waals surface area contributed by atoms with E-state index in [9.17, 15) is 23.1 Å². The Morgan fingerprint density at radius 1 is 1.25 bits per heavy atom. The molecule has 0 spiro atoms. The number of morpholine rings is 1. The predicted molar refractivity (Wildman–Crippen MR) is 112 cm³/mol. The van der Waals surface area contributed by atoms with Crippen molar-refractivity contribution in [3.63, 3.8) is 0 Å². The zero-order valence-corrected chi connectivity index (χ0v) is 17.5. The number of alkyl halides is 3. The normalized spacial score (nSPS) is 21.2. The van der Waals surface area contributed by atoms with Crippen molar-refractivity contribution in [2.75, 3.05) is 41.4 Å². The van der Waals surface area contributed by atoms with Gasteiger partial charge in [0.05, 0.1) is 48.6 Å². The minimum absolute atomic E-state index is 0.242. The number of benzene rings is 1. The minimum atomic E-state index is -4.54. The first-order valence-corrected chi connectivity index (χ1v) is 10.4. The van der Waals surface area contributed by atoms with Crippen LogP contribution in [0.25, 0.3) is 0 Å². The number of anilines is 3. The summed E-state index contributed by atoms with van der Waals surface area (Å²) in [6.07, 6.45) is -1.59. The van der Waals surface area contributed by atoms with E-state index in [1.54, 1.807) is 12.4 Å². The van der Waals surface area contributed by atoms with Gasteiger partial charge in [0.15, 0.2) is 0 Å². The lowest BCUT2D eigenvalue weighted by atomic mass is 9.89. The number of halogens is 3. The fourth-order valence-corrected chi connectivity index (χ4v) is 4.21. The topological polar surface area (TPSA) is 90.8 Å². The van der Waals surface area contributed by atoms with Gasteiger partial charge >= 0.3 is 12.3 Å². The number of hydrogen-bond acceptors (Lipinski definition) is 6. The summed E-state index contributed by atoms with van der Waals surface area (Å²) in [6, 6.07) is 2.20. The highest BCUT2D eigenvalue weighted by Crippen LogP contribution is 2.42. The monoisotopic (exact) mass is 451 g/mol. The first kappa shape index (κ1) is 22.1. The lowest BCUT2D eigenvalue weighted by molar-refractivity contribution is -0.137. The Hall–Kier alpha value is -3.08. The average Bonchev–Trinajstić information content (AvgIpc) is 2.78. The maximum atomic E-state index is 13.3. The highest BCUT2D eigenvalue weighted by Gasteiger charge is 2.38. The number of amides is 1. The third-order valence-corrected chi connectivity index (χ3v) is 5.86. The van der Waals surface area contributed by atoms with E-state index in [1.807, 2.05) is 6.92 Å². The van der Waals surface area contributed by atoms with Crippen LogP contribution in [0.1, 0.15) is 36.9 Å². The number of carbonyl (C=O) groups is 1. The second-order valence-electron chi connectivity index (χ2n) is 7.78. The van der Waals surface area contributed by atoms with E-state index in [2.05, 4.69) is 20.2 Å². The summed E-state index contributed by atoms with van der Waals surface area (Å²) in [5.41, 5.74) is 0.511. The van der Waals surface area contributed by atoms with Crippen LogP contribution in [-0.4, -0.2) is 53.5 Å². The maximum Gasteiger partial charge on any atom is 0.416 e. The fraction of sp³-hybridized carbons (Fsp3) is 0.476. The van der Waals surface area contributed by atoms with Crippen molar-refractivity contribution >= 4 is 23.4 Å². The summed E-state index contributed by atoms with van der Waals surface area (Å²) in [4.78, 5) is 23.8. The van der Waals surface area contributed by atoms with Gasteiger partial charge in [-0.05, 0) is 36.6 Å². The van der Waals surface area contributed by atoms with Crippen molar-refractivity contribution in [1.82, 2.24) is 9.97 Å². The number of fused-ring (bicyclic) bond motifs is 1. The van der Waals surface area contributed by atoms with Crippen molar-refractivity contribution < 1.29 is 27.8 Å². The van der Waals surface area contributed by atoms with E-state index in [1.165, 1.54) is 6.07 Å². The standard InChI is InChI=1S/C21H24F3N5O3/c1-2-14-10-17(27-19-25-11-15(12-26-19)28-5-7-32-8-6-28)16-9-13(21(22,23)24)3-4-18(16)29(14)20(30)31/h3-4,9,11-12,14,17H,2,5-8,10H2,1H3,(H,30,31)(H,25,26,27)/t14-,17+/m1/s1. The third-order valence-electron chi connectivity index (χ3n) is 5.86. The summed E-state index contributed by atoms with van der Waals surface area (Å²) >= 11 is 0. The fourth-order valence-electron chi connectivity index (χ4n) is 4.21. The van der Waals surface area contributed by atoms with Crippen molar-refractivity contribution in [1.29, 1.82) is 0 Å². The number of nitrogens with one attached hydrogen (secondary N) is 1. The zero-order chi connectivity index (χ0) is 22.9. The lowest BCUT2D eigenvalue weighted by Gasteiger charge is -2.39. The zero-order valence-electron chi connectivity index (χ0n) is 17.5. The Morgan fingerprint density at radius 2 is 1.94 bits per heavy atom. The molecule has 1 fully saturated rings. The van der Waals surface area contributed by atoms with Crippen LogP contribution < -0.4 is 15.1 Å². The van der Waals surface area contributed by atoms with Crippen LogP contribution in [0.5, 0.6) is 0 Å². The molecule has 0 saturated carbocycles. The molecule has 1 amide bonds. The molecule has 1 aromatic carbocycles. The van der Waals surface area contributed by atoms with E-state index >= 15 is 0 Å². The van der Waals surface area contributed by atoms with Gasteiger partial charge in [-0.2, -0.15) is 13.2 Å². The van der Waals surface area contributed by atoms with Crippen molar-refractivity contribution in [3.05, 3.63) is 41.7 Å². The number of carboxylic acid groups (broad SMARTS) is 1. The highest BCUT2D eigenvalue weighted by atomic mass is 19.4. The molecular weight excluding hydrogens is 427 g/mol. The number of rotatable bonds is 4. The SMILES string of the molecule is CC[C@@H]1C[C@H](Nc2ncc(N3CCOCC3)cn2)c2cc(C(F)(F)F)ccc2N1C(=O)O. The van der Waals surface area contributed by atoms with E-state index in [0.717, 1.165) is 35.8 Å². The molecule has 2 aliphatic heterocycles. The van der Waals surface area contributed by atoms with Gasteiger partial charge in [0.25, 0.3) is 0 Å². The molecule has 172 valence electrons. The van der Waals surface area contributed by atoms with Gasteiger partial charge in [-0.15, -0.1) is 0 Å². The molecule has 2 N–H and O–H groups in total. The van der Waals surface area contributed by atoms with Gasteiger partial charge in [0.2, 0.25) is 5.95 Å². The van der Waals surface area contributed by atoms with Gasteiger partial charge in [0.1, 0.15) is 0 Å². The smallest absolute Gasteiger partial charge is 0.416 e. The van der Waals surface area contributed by atoms with Gasteiger partial charge in [0, 0.05) is 19.1 Å². The molecule has 2 aromatic rings. The van der Waals surface area contributed by atoms with Gasteiger partial charge in [-0.1, -0.05) is 6.92 Å². The Labute approximate surface area is 183 Å². The van der Waals surface area contributed by atoms with E-state index in [0.29, 0.717) is 26.1 Å². The summed E-state index contributed by atoms with van der Waals surface area (Å²) in [6.45, 7) is 4.56. The average molecular weight is 451 g/mol. The Morgan fingerprint density at radius 3 is 2.53 bits per heavy atom. The van der Waals surface area contributed by atoms with Crippen molar-refractivity contribution in [2.24, 2.45) is 0 Å². The van der Waals surface area contributed by atoms with Crippen LogP contribution in [0.3, 0.4) is 0 Å². The Kier molecular flexibility index (Phi) is 6.09.